The number of sulfonamides is 1. The number of halogens is 2. The van der Waals surface area contributed by atoms with Crippen LogP contribution in [-0.2, 0) is 40.5 Å². The maximum atomic E-state index is 13.6. The summed E-state index contributed by atoms with van der Waals surface area (Å²) in [7, 11) is -3.70. The Bertz CT molecular complexity index is 1770. The Hall–Kier alpha value is -3.31. The number of carbonyl (C=O) groups is 1. The summed E-state index contributed by atoms with van der Waals surface area (Å²) in [5.74, 6) is -0.762. The Morgan fingerprint density at radius 3 is 2.59 bits per heavy atom. The zero-order valence-corrected chi connectivity index (χ0v) is 25.9. The van der Waals surface area contributed by atoms with E-state index in [-0.39, 0.29) is 23.2 Å². The molecule has 2 aliphatic rings. The highest BCUT2D eigenvalue weighted by atomic mass is 35.5. The maximum Gasteiger partial charge on any atom is 0.303 e. The molecule has 0 bridgehead atoms. The number of carboxylic acids is 1. The van der Waals surface area contributed by atoms with Gasteiger partial charge in [-0.3, -0.25) is 9.89 Å². The third kappa shape index (κ3) is 6.99. The molecule has 1 fully saturated rings. The fourth-order valence-corrected chi connectivity index (χ4v) is 8.12. The van der Waals surface area contributed by atoms with Crippen LogP contribution in [0.4, 0.5) is 4.39 Å². The molecule has 1 unspecified atom stereocenters. The van der Waals surface area contributed by atoms with Gasteiger partial charge in [-0.2, -0.15) is 5.10 Å². The van der Waals surface area contributed by atoms with Crippen LogP contribution in [0.25, 0.3) is 10.9 Å². The second kappa shape index (κ2) is 13.0. The van der Waals surface area contributed by atoms with Gasteiger partial charge in [-0.1, -0.05) is 23.7 Å². The number of nitrogens with one attached hydrogen (secondary N) is 2. The molecule has 0 spiro atoms. The van der Waals surface area contributed by atoms with E-state index in [1.54, 1.807) is 18.2 Å². The van der Waals surface area contributed by atoms with Gasteiger partial charge in [0.15, 0.2) is 0 Å². The van der Waals surface area contributed by atoms with Crippen LogP contribution in [0.15, 0.2) is 59.5 Å². The zero-order valence-electron chi connectivity index (χ0n) is 24.4. The summed E-state index contributed by atoms with van der Waals surface area (Å²) in [6.45, 7) is 2.76. The molecule has 3 N–H and O–H groups in total. The second-order valence-electron chi connectivity index (χ2n) is 12.0. The predicted molar refractivity (Wildman–Crippen MR) is 168 cm³/mol. The van der Waals surface area contributed by atoms with Crippen LogP contribution >= 0.6 is 11.6 Å². The number of likely N-dealkylation sites (tertiary alicyclic amines) is 1. The number of hydrogen-bond donors (Lipinski definition) is 3. The molecule has 1 aromatic heterocycles. The van der Waals surface area contributed by atoms with Gasteiger partial charge in [0.1, 0.15) is 5.82 Å². The largest absolute Gasteiger partial charge is 0.481 e. The quantitative estimate of drug-likeness (QED) is 0.207. The van der Waals surface area contributed by atoms with Crippen LogP contribution < -0.4 is 4.72 Å². The minimum absolute atomic E-state index is 0.0605. The molecule has 4 aromatic rings. The molecule has 6 rings (SSSR count). The van der Waals surface area contributed by atoms with Crippen molar-refractivity contribution < 1.29 is 22.7 Å². The number of H-pyrrole nitrogens is 1. The lowest BCUT2D eigenvalue weighted by Gasteiger charge is -2.32. The normalized spacial score (nSPS) is 18.0. The van der Waals surface area contributed by atoms with Crippen molar-refractivity contribution in [1.82, 2.24) is 19.8 Å². The molecular weight excluding hydrogens is 603 g/mol. The van der Waals surface area contributed by atoms with Gasteiger partial charge in [-0.05, 0) is 117 Å². The molecule has 0 saturated carbocycles. The number of aromatic nitrogens is 2. The first-order chi connectivity index (χ1) is 21.1. The molecule has 3 aromatic carbocycles. The Labute approximate surface area is 261 Å². The fourth-order valence-electron chi connectivity index (χ4n) is 6.72. The average molecular weight is 639 g/mol. The number of rotatable bonds is 10. The molecule has 1 aliphatic heterocycles. The summed E-state index contributed by atoms with van der Waals surface area (Å²) in [6, 6.07) is 15.0. The Balaban J connectivity index is 1.12. The van der Waals surface area contributed by atoms with Crippen LogP contribution in [-0.4, -0.2) is 60.3 Å². The van der Waals surface area contributed by atoms with Crippen molar-refractivity contribution in [2.24, 2.45) is 0 Å². The van der Waals surface area contributed by atoms with Crippen molar-refractivity contribution >= 4 is 38.5 Å². The number of nitrogens with zero attached hydrogens (tertiary/aromatic N) is 2. The SMILES string of the molecule is O=C(O)CCc1cc(CCN2CCC(c3[nH]nc4cc(F)ccc34)CC2)cc2c1CCC(NS(=O)(=O)c1ccc(Cl)cc1)C2. The van der Waals surface area contributed by atoms with Crippen molar-refractivity contribution in [2.75, 3.05) is 19.6 Å². The van der Waals surface area contributed by atoms with Crippen molar-refractivity contribution in [3.63, 3.8) is 0 Å². The highest BCUT2D eigenvalue weighted by Gasteiger charge is 2.27. The molecule has 1 aliphatic carbocycles. The van der Waals surface area contributed by atoms with Crippen molar-refractivity contribution in [1.29, 1.82) is 0 Å². The van der Waals surface area contributed by atoms with Crippen molar-refractivity contribution in [3.8, 4) is 0 Å². The smallest absolute Gasteiger partial charge is 0.303 e. The summed E-state index contributed by atoms with van der Waals surface area (Å²) < 4.78 is 42.6. The van der Waals surface area contributed by atoms with Gasteiger partial charge in [0, 0.05) is 47.1 Å². The fraction of sp³-hybridized carbons (Fsp3) is 0.394. The standard InChI is InChI=1S/C33H36ClFN4O4S/c34-25-2-6-28(7-3-25)44(42,43)38-27-5-9-29-23(1-10-32(40)41)17-21(18-24(29)19-27)11-14-39-15-12-22(13-16-39)33-30-8-4-26(35)20-31(30)36-37-33/h2-4,6-8,17-18,20,22,27,38H,1,5,9-16,19H2,(H,36,37)(H,40,41). The van der Waals surface area contributed by atoms with Crippen LogP contribution in [0.3, 0.4) is 0 Å². The number of carboxylic acid groups (broad SMARTS) is 1. The van der Waals surface area contributed by atoms with Crippen LogP contribution in [0.2, 0.25) is 5.02 Å². The van der Waals surface area contributed by atoms with E-state index in [0.29, 0.717) is 42.1 Å². The van der Waals surface area contributed by atoms with E-state index in [0.717, 1.165) is 72.2 Å². The molecule has 11 heteroatoms. The number of aliphatic carboxylic acids is 1. The topological polar surface area (TPSA) is 115 Å². The molecule has 0 radical (unpaired) electrons. The minimum atomic E-state index is -3.70. The predicted octanol–water partition coefficient (Wildman–Crippen LogP) is 5.63. The van der Waals surface area contributed by atoms with Crippen LogP contribution in [0.1, 0.15) is 59.5 Å². The molecule has 232 valence electrons. The van der Waals surface area contributed by atoms with Crippen molar-refractivity contribution in [3.05, 3.63) is 93.4 Å². The summed E-state index contributed by atoms with van der Waals surface area (Å²) in [5.41, 5.74) is 6.20. The Kier molecular flexibility index (Phi) is 9.05. The number of aromatic amines is 1. The average Bonchev–Trinajstić information content (AvgIpc) is 3.42. The number of hydrogen-bond acceptors (Lipinski definition) is 5. The number of aryl methyl sites for hydroxylation is 1. The van der Waals surface area contributed by atoms with E-state index >= 15 is 0 Å². The van der Waals surface area contributed by atoms with Gasteiger partial charge in [0.25, 0.3) is 0 Å². The highest BCUT2D eigenvalue weighted by Crippen LogP contribution is 2.33. The van der Waals surface area contributed by atoms with E-state index in [2.05, 4.69) is 32.0 Å². The summed E-state index contributed by atoms with van der Waals surface area (Å²) >= 11 is 5.94. The summed E-state index contributed by atoms with van der Waals surface area (Å²) in [5, 5.41) is 18.3. The lowest BCUT2D eigenvalue weighted by Crippen LogP contribution is -2.39. The Morgan fingerprint density at radius 1 is 1.07 bits per heavy atom. The second-order valence-corrected chi connectivity index (χ2v) is 14.1. The maximum absolute atomic E-state index is 13.6. The monoisotopic (exact) mass is 638 g/mol. The lowest BCUT2D eigenvalue weighted by molar-refractivity contribution is -0.136. The van der Waals surface area contributed by atoms with E-state index in [1.165, 1.54) is 24.3 Å². The number of fused-ring (bicyclic) bond motifs is 2. The summed E-state index contributed by atoms with van der Waals surface area (Å²) in [4.78, 5) is 14.0. The van der Waals surface area contributed by atoms with E-state index in [4.69, 9.17) is 11.6 Å². The zero-order chi connectivity index (χ0) is 30.8. The van der Waals surface area contributed by atoms with Gasteiger partial charge in [0.05, 0.1) is 10.4 Å². The molecule has 44 heavy (non-hydrogen) atoms. The number of benzene rings is 3. The molecule has 0 amide bonds. The van der Waals surface area contributed by atoms with Crippen molar-refractivity contribution in [2.45, 2.75) is 68.2 Å². The summed E-state index contributed by atoms with van der Waals surface area (Å²) in [6.07, 6.45) is 5.21. The third-order valence-electron chi connectivity index (χ3n) is 9.02. The molecule has 2 heterocycles. The minimum Gasteiger partial charge on any atom is -0.481 e. The van der Waals surface area contributed by atoms with Crippen LogP contribution in [0, 0.1) is 5.82 Å². The molecule has 8 nitrogen and oxygen atoms in total. The van der Waals surface area contributed by atoms with Gasteiger partial charge >= 0.3 is 5.97 Å². The number of piperidine rings is 1. The lowest BCUT2D eigenvalue weighted by atomic mass is 9.83. The third-order valence-corrected chi connectivity index (χ3v) is 10.8. The van der Waals surface area contributed by atoms with E-state index in [1.807, 2.05) is 0 Å². The van der Waals surface area contributed by atoms with Gasteiger partial charge in [-0.25, -0.2) is 17.5 Å². The first kappa shape index (κ1) is 30.7. The van der Waals surface area contributed by atoms with Gasteiger partial charge in [-0.15, -0.1) is 0 Å². The molecule has 1 saturated heterocycles. The highest BCUT2D eigenvalue weighted by molar-refractivity contribution is 7.89. The van der Waals surface area contributed by atoms with Gasteiger partial charge in [0.2, 0.25) is 10.0 Å². The van der Waals surface area contributed by atoms with Gasteiger partial charge < -0.3 is 10.0 Å². The van der Waals surface area contributed by atoms with E-state index < -0.39 is 16.0 Å². The first-order valence-corrected chi connectivity index (χ1v) is 17.0. The van der Waals surface area contributed by atoms with Crippen LogP contribution in [0.5, 0.6) is 0 Å². The Morgan fingerprint density at radius 2 is 1.84 bits per heavy atom. The molecular formula is C33H36ClFN4O4S. The first-order valence-electron chi connectivity index (χ1n) is 15.1. The van der Waals surface area contributed by atoms with E-state index in [9.17, 15) is 22.7 Å². The molecule has 1 atom stereocenters.